The molecule has 6 heteroatoms. The van der Waals surface area contributed by atoms with Crippen molar-refractivity contribution >= 4 is 12.1 Å². The first kappa shape index (κ1) is 13.1. The number of aliphatic carboxylic acids is 1. The van der Waals surface area contributed by atoms with E-state index < -0.39 is 23.2 Å². The highest BCUT2D eigenvalue weighted by molar-refractivity contribution is 5.81. The van der Waals surface area contributed by atoms with Crippen LogP contribution in [0.5, 0.6) is 0 Å². The van der Waals surface area contributed by atoms with Crippen molar-refractivity contribution in [1.82, 2.24) is 10.2 Å². The van der Waals surface area contributed by atoms with Crippen molar-refractivity contribution in [3.63, 3.8) is 0 Å². The minimum Gasteiger partial charge on any atom is -0.480 e. The van der Waals surface area contributed by atoms with Crippen LogP contribution in [0.1, 0.15) is 33.6 Å². The molecule has 3 fully saturated rings. The molecule has 1 amide bonds. The zero-order valence-corrected chi connectivity index (χ0v) is 11.0. The van der Waals surface area contributed by atoms with Gasteiger partial charge in [-0.25, -0.2) is 4.79 Å². The van der Waals surface area contributed by atoms with Gasteiger partial charge in [0.05, 0.1) is 6.54 Å². The van der Waals surface area contributed by atoms with Gasteiger partial charge in [-0.3, -0.25) is 10.1 Å². The smallest absolute Gasteiger partial charge is 0.410 e. The number of piperidine rings is 2. The maximum Gasteiger partial charge on any atom is 0.410 e. The predicted octanol–water partition coefficient (Wildman–Crippen LogP) is 0.812. The summed E-state index contributed by atoms with van der Waals surface area (Å²) in [5.41, 5.74) is -1.55. The lowest BCUT2D eigenvalue weighted by molar-refractivity contribution is -0.151. The van der Waals surface area contributed by atoms with Crippen LogP contribution in [0.4, 0.5) is 4.79 Å². The van der Waals surface area contributed by atoms with Crippen LogP contribution in [0, 0.1) is 0 Å². The fourth-order valence-corrected chi connectivity index (χ4v) is 2.52. The van der Waals surface area contributed by atoms with Gasteiger partial charge in [0.25, 0.3) is 0 Å². The Morgan fingerprint density at radius 2 is 2.11 bits per heavy atom. The first-order chi connectivity index (χ1) is 8.23. The summed E-state index contributed by atoms with van der Waals surface area (Å²) < 4.78 is 5.32. The number of nitrogens with one attached hydrogen (secondary N) is 1. The molecule has 6 nitrogen and oxygen atoms in total. The largest absolute Gasteiger partial charge is 0.480 e. The van der Waals surface area contributed by atoms with Crippen LogP contribution in [0.2, 0.25) is 0 Å². The third-order valence-corrected chi connectivity index (χ3v) is 3.50. The molecule has 0 saturated carbocycles. The number of nitrogens with zero attached hydrogens (tertiary/aromatic N) is 1. The maximum atomic E-state index is 12.1. The molecular weight excluding hydrogens is 236 g/mol. The topological polar surface area (TPSA) is 78.9 Å². The van der Waals surface area contributed by atoms with Crippen LogP contribution in [0.15, 0.2) is 0 Å². The molecule has 0 aromatic carbocycles. The van der Waals surface area contributed by atoms with Gasteiger partial charge in [0.2, 0.25) is 0 Å². The second kappa shape index (κ2) is 4.12. The SMILES string of the molecule is CC(C)(C)OC(=O)N1CC2(C(=O)O)CCC1CN2. The Bertz CT molecular complexity index is 367. The average Bonchev–Trinajstić information content (AvgIpc) is 2.28. The van der Waals surface area contributed by atoms with Crippen molar-refractivity contribution in [1.29, 1.82) is 0 Å². The minimum absolute atomic E-state index is 0.0427. The molecular formula is C12H20N2O4. The molecule has 0 radical (unpaired) electrons. The molecule has 2 atom stereocenters. The summed E-state index contributed by atoms with van der Waals surface area (Å²) in [4.78, 5) is 25.0. The zero-order valence-electron chi connectivity index (χ0n) is 11.0. The number of carboxylic acid groups (broad SMARTS) is 1. The lowest BCUT2D eigenvalue weighted by Gasteiger charge is -2.50. The van der Waals surface area contributed by atoms with E-state index in [-0.39, 0.29) is 12.6 Å². The second-order valence-electron chi connectivity index (χ2n) is 6.07. The predicted molar refractivity (Wildman–Crippen MR) is 64.3 cm³/mol. The number of ether oxygens (including phenoxy) is 1. The molecule has 2 bridgehead atoms. The molecule has 3 heterocycles. The van der Waals surface area contributed by atoms with E-state index in [1.807, 2.05) is 0 Å². The standard InChI is InChI=1S/C12H20N2O4/c1-11(2,3)18-10(17)14-7-12(9(15)16)5-4-8(14)6-13-12/h8,13H,4-7H2,1-3H3,(H,15,16). The monoisotopic (exact) mass is 256 g/mol. The lowest BCUT2D eigenvalue weighted by Crippen LogP contribution is -2.72. The summed E-state index contributed by atoms with van der Waals surface area (Å²) in [6, 6.07) is 0.0427. The quantitative estimate of drug-likeness (QED) is 0.726. The second-order valence-corrected chi connectivity index (χ2v) is 6.07. The Hall–Kier alpha value is -1.30. The molecule has 0 spiro atoms. The van der Waals surface area contributed by atoms with E-state index in [0.717, 1.165) is 0 Å². The van der Waals surface area contributed by atoms with E-state index in [0.29, 0.717) is 19.4 Å². The van der Waals surface area contributed by atoms with Gasteiger partial charge in [-0.15, -0.1) is 0 Å². The number of hydrogen-bond donors (Lipinski definition) is 2. The Balaban J connectivity index is 2.11. The fourth-order valence-electron chi connectivity index (χ4n) is 2.52. The fraction of sp³-hybridized carbons (Fsp3) is 0.833. The zero-order chi connectivity index (χ0) is 13.6. The van der Waals surface area contributed by atoms with E-state index in [9.17, 15) is 14.7 Å². The molecule has 0 aliphatic carbocycles. The van der Waals surface area contributed by atoms with Gasteiger partial charge in [0.1, 0.15) is 11.1 Å². The van der Waals surface area contributed by atoms with Gasteiger partial charge >= 0.3 is 12.1 Å². The van der Waals surface area contributed by atoms with Crippen molar-refractivity contribution in [2.75, 3.05) is 13.1 Å². The minimum atomic E-state index is -0.994. The van der Waals surface area contributed by atoms with Crippen molar-refractivity contribution in [3.8, 4) is 0 Å². The molecule has 18 heavy (non-hydrogen) atoms. The highest BCUT2D eigenvalue weighted by Crippen LogP contribution is 2.31. The van der Waals surface area contributed by atoms with Crippen LogP contribution in [-0.2, 0) is 9.53 Å². The number of carboxylic acids is 1. The van der Waals surface area contributed by atoms with E-state index in [1.54, 1.807) is 25.7 Å². The number of carbonyl (C=O) groups excluding carboxylic acids is 1. The van der Waals surface area contributed by atoms with Gasteiger partial charge in [-0.2, -0.15) is 0 Å². The maximum absolute atomic E-state index is 12.1. The third kappa shape index (κ3) is 2.29. The third-order valence-electron chi connectivity index (χ3n) is 3.50. The van der Waals surface area contributed by atoms with Crippen LogP contribution in [0.25, 0.3) is 0 Å². The van der Waals surface area contributed by atoms with Crippen LogP contribution < -0.4 is 5.32 Å². The summed E-state index contributed by atoms with van der Waals surface area (Å²) in [6.07, 6.45) is 0.851. The van der Waals surface area contributed by atoms with E-state index in [1.165, 1.54) is 0 Å². The lowest BCUT2D eigenvalue weighted by atomic mass is 9.81. The number of amides is 1. The molecule has 102 valence electrons. The van der Waals surface area contributed by atoms with Crippen molar-refractivity contribution in [2.24, 2.45) is 0 Å². The molecule has 3 rings (SSSR count). The summed E-state index contributed by atoms with van der Waals surface area (Å²) in [5, 5.41) is 12.3. The van der Waals surface area contributed by atoms with Crippen molar-refractivity contribution < 1.29 is 19.4 Å². The molecule has 2 unspecified atom stereocenters. The Morgan fingerprint density at radius 3 is 2.56 bits per heavy atom. The average molecular weight is 256 g/mol. The van der Waals surface area contributed by atoms with E-state index in [2.05, 4.69) is 5.32 Å². The Kier molecular flexibility index (Phi) is 3.01. The highest BCUT2D eigenvalue weighted by Gasteiger charge is 2.51. The summed E-state index contributed by atoms with van der Waals surface area (Å²) in [6.45, 7) is 6.11. The molecule has 3 aliphatic rings. The molecule has 3 aliphatic heterocycles. The van der Waals surface area contributed by atoms with Crippen molar-refractivity contribution in [2.45, 2.75) is 50.8 Å². The first-order valence-corrected chi connectivity index (χ1v) is 6.22. The van der Waals surface area contributed by atoms with Gasteiger partial charge < -0.3 is 14.7 Å². The number of carbonyl (C=O) groups is 2. The molecule has 0 aromatic heterocycles. The molecule has 2 N–H and O–H groups in total. The highest BCUT2D eigenvalue weighted by atomic mass is 16.6. The summed E-state index contributed by atoms with van der Waals surface area (Å²) >= 11 is 0. The number of piperazine rings is 1. The van der Waals surface area contributed by atoms with Gasteiger partial charge in [-0.1, -0.05) is 0 Å². The van der Waals surface area contributed by atoms with Crippen LogP contribution in [-0.4, -0.2) is 52.3 Å². The van der Waals surface area contributed by atoms with Gasteiger partial charge in [0, 0.05) is 12.6 Å². The number of rotatable bonds is 1. The molecule has 3 saturated heterocycles. The first-order valence-electron chi connectivity index (χ1n) is 6.22. The number of fused-ring (bicyclic) bond motifs is 3. The normalized spacial score (nSPS) is 31.3. The Morgan fingerprint density at radius 1 is 1.44 bits per heavy atom. The van der Waals surface area contributed by atoms with Crippen molar-refractivity contribution in [3.05, 3.63) is 0 Å². The molecule has 0 aromatic rings. The van der Waals surface area contributed by atoms with Crippen LogP contribution in [0.3, 0.4) is 0 Å². The van der Waals surface area contributed by atoms with E-state index in [4.69, 9.17) is 4.74 Å². The van der Waals surface area contributed by atoms with Gasteiger partial charge in [0.15, 0.2) is 0 Å². The summed E-state index contributed by atoms with van der Waals surface area (Å²) in [5.74, 6) is -0.894. The van der Waals surface area contributed by atoms with Crippen LogP contribution >= 0.6 is 0 Å². The summed E-state index contributed by atoms with van der Waals surface area (Å²) in [7, 11) is 0. The Labute approximate surface area is 106 Å². The van der Waals surface area contributed by atoms with E-state index >= 15 is 0 Å². The van der Waals surface area contributed by atoms with Gasteiger partial charge in [-0.05, 0) is 33.6 Å². The number of hydrogen-bond acceptors (Lipinski definition) is 4.